The average molecular weight is 248 g/mol. The van der Waals surface area contributed by atoms with Gasteiger partial charge in [-0.15, -0.1) is 0 Å². The second-order valence-electron chi connectivity index (χ2n) is 3.50. The van der Waals surface area contributed by atoms with E-state index in [1.54, 1.807) is 31.4 Å². The van der Waals surface area contributed by atoms with Gasteiger partial charge in [-0.05, 0) is 23.8 Å². The molecule has 0 radical (unpaired) electrons. The minimum atomic E-state index is -2.52. The Morgan fingerprint density at radius 2 is 1.59 bits per heavy atom. The molecule has 17 heavy (non-hydrogen) atoms. The third kappa shape index (κ3) is 2.47. The molecule has 0 atom stereocenters. The van der Waals surface area contributed by atoms with Crippen molar-refractivity contribution < 1.29 is 13.2 Å². The summed E-state index contributed by atoms with van der Waals surface area (Å²) in [5.41, 5.74) is 1.88. The number of hydrogen-bond donors (Lipinski definition) is 1. The summed E-state index contributed by atoms with van der Waals surface area (Å²) < 4.78 is 26.8. The quantitative estimate of drug-likeness (QED) is 0.848. The first-order chi connectivity index (χ1) is 8.22. The average Bonchev–Trinajstić information content (AvgIpc) is 2.39. The molecule has 2 aromatic rings. The van der Waals surface area contributed by atoms with Gasteiger partial charge >= 0.3 is 0 Å². The van der Waals surface area contributed by atoms with E-state index < -0.39 is 10.7 Å². The number of thiol groups is 1. The fourth-order valence-corrected chi connectivity index (χ4v) is 2.04. The second-order valence-corrected chi connectivity index (χ2v) is 4.53. The van der Waals surface area contributed by atoms with Crippen molar-refractivity contribution in [3.05, 3.63) is 48.5 Å². The van der Waals surface area contributed by atoms with Crippen LogP contribution in [0, 0.1) is 0 Å². The van der Waals surface area contributed by atoms with Crippen molar-refractivity contribution in [3.8, 4) is 16.9 Å². The molecular formula is C13H12O3S. The van der Waals surface area contributed by atoms with Crippen molar-refractivity contribution in [2.24, 2.45) is 0 Å². The summed E-state index contributed by atoms with van der Waals surface area (Å²) in [6.45, 7) is 0. The van der Waals surface area contributed by atoms with E-state index in [2.05, 4.69) is 0 Å². The van der Waals surface area contributed by atoms with Crippen molar-refractivity contribution in [2.45, 2.75) is 4.90 Å². The number of methoxy groups -OCH3 is 1. The van der Waals surface area contributed by atoms with E-state index in [9.17, 15) is 8.42 Å². The van der Waals surface area contributed by atoms with E-state index in [0.717, 1.165) is 16.9 Å². The summed E-state index contributed by atoms with van der Waals surface area (Å²) in [5.74, 6) is 0.770. The lowest BCUT2D eigenvalue weighted by atomic mass is 10.1. The zero-order valence-electron chi connectivity index (χ0n) is 9.29. The lowest BCUT2D eigenvalue weighted by Crippen LogP contribution is -1.87. The summed E-state index contributed by atoms with van der Waals surface area (Å²) >= 11 is 0. The van der Waals surface area contributed by atoms with Gasteiger partial charge in [-0.3, -0.25) is 0 Å². The highest BCUT2D eigenvalue weighted by atomic mass is 32.2. The Kier molecular flexibility index (Phi) is 3.44. The van der Waals surface area contributed by atoms with Gasteiger partial charge in [0.15, 0.2) is 10.7 Å². The van der Waals surface area contributed by atoms with E-state index in [4.69, 9.17) is 4.74 Å². The van der Waals surface area contributed by atoms with Crippen LogP contribution in [-0.2, 0) is 10.7 Å². The molecule has 4 heteroatoms. The summed E-state index contributed by atoms with van der Waals surface area (Å²) in [6, 6.07) is 14.4. The molecule has 0 saturated heterocycles. The number of rotatable bonds is 3. The van der Waals surface area contributed by atoms with Crippen molar-refractivity contribution in [3.63, 3.8) is 0 Å². The van der Waals surface area contributed by atoms with Crippen LogP contribution in [0.2, 0.25) is 0 Å². The van der Waals surface area contributed by atoms with Crippen LogP contribution in [0.5, 0.6) is 5.75 Å². The molecule has 3 nitrogen and oxygen atoms in total. The van der Waals surface area contributed by atoms with Crippen LogP contribution in [0.15, 0.2) is 53.4 Å². The summed E-state index contributed by atoms with van der Waals surface area (Å²) in [7, 11) is -0.907. The van der Waals surface area contributed by atoms with Crippen LogP contribution >= 0.6 is 0 Å². The monoisotopic (exact) mass is 248 g/mol. The maximum atomic E-state index is 10.8. The van der Waals surface area contributed by atoms with Gasteiger partial charge in [-0.25, -0.2) is 8.42 Å². The first-order valence-electron chi connectivity index (χ1n) is 5.10. The molecule has 0 aliphatic carbocycles. The smallest absolute Gasteiger partial charge is 0.168 e. The van der Waals surface area contributed by atoms with Gasteiger partial charge in [0.05, 0.1) is 12.0 Å². The molecule has 88 valence electrons. The van der Waals surface area contributed by atoms with Gasteiger partial charge in [0.2, 0.25) is 0 Å². The van der Waals surface area contributed by atoms with Gasteiger partial charge < -0.3 is 4.74 Å². The lowest BCUT2D eigenvalue weighted by molar-refractivity contribution is 0.416. The van der Waals surface area contributed by atoms with Crippen LogP contribution in [0.25, 0.3) is 11.1 Å². The summed E-state index contributed by atoms with van der Waals surface area (Å²) in [5, 5.41) is 0. The van der Waals surface area contributed by atoms with E-state index >= 15 is 0 Å². The summed E-state index contributed by atoms with van der Waals surface area (Å²) in [6.07, 6.45) is 0. The molecule has 2 aromatic carbocycles. The molecule has 0 amide bonds. The Morgan fingerprint density at radius 1 is 0.941 bits per heavy atom. The molecule has 0 aliphatic rings. The zero-order chi connectivity index (χ0) is 12.3. The first kappa shape index (κ1) is 11.7. The normalized spacial score (nSPS) is 10.5. The fraction of sp³-hybridized carbons (Fsp3) is 0.0769. The number of para-hydroxylation sites is 1. The van der Waals surface area contributed by atoms with E-state index in [1.165, 1.54) is 0 Å². The van der Waals surface area contributed by atoms with Crippen LogP contribution < -0.4 is 4.74 Å². The number of ether oxygens (including phenoxy) is 1. The lowest BCUT2D eigenvalue weighted by Gasteiger charge is -2.07. The molecule has 0 spiro atoms. The summed E-state index contributed by atoms with van der Waals surface area (Å²) in [4.78, 5) is 0.318. The Hall–Kier alpha value is -1.81. The largest absolute Gasteiger partial charge is 0.496 e. The minimum absolute atomic E-state index is 0.318. The Labute approximate surface area is 102 Å². The van der Waals surface area contributed by atoms with Gasteiger partial charge in [0.1, 0.15) is 5.75 Å². The zero-order valence-corrected chi connectivity index (χ0v) is 10.2. The van der Waals surface area contributed by atoms with Gasteiger partial charge in [-0.1, -0.05) is 30.3 Å². The van der Waals surface area contributed by atoms with E-state index in [0.29, 0.717) is 4.90 Å². The molecule has 0 heterocycles. The maximum absolute atomic E-state index is 10.8. The van der Waals surface area contributed by atoms with Crippen LogP contribution in [0.4, 0.5) is 0 Å². The highest BCUT2D eigenvalue weighted by Crippen LogP contribution is 2.29. The Morgan fingerprint density at radius 3 is 2.18 bits per heavy atom. The first-order valence-corrected chi connectivity index (χ1v) is 6.28. The molecule has 0 unspecified atom stereocenters. The maximum Gasteiger partial charge on any atom is 0.168 e. The van der Waals surface area contributed by atoms with Crippen molar-refractivity contribution in [1.29, 1.82) is 0 Å². The standard InChI is InChI=1S/C13H12O3S/c1-16-13-5-3-2-4-12(13)10-6-8-11(9-7-10)17(14)15/h2-9,17H,1H3. The molecule has 0 aliphatic heterocycles. The minimum Gasteiger partial charge on any atom is -0.496 e. The third-order valence-corrected chi connectivity index (χ3v) is 3.22. The molecule has 0 bridgehead atoms. The number of benzene rings is 2. The molecule has 0 saturated carbocycles. The van der Waals surface area contributed by atoms with Crippen molar-refractivity contribution in [1.82, 2.24) is 0 Å². The van der Waals surface area contributed by atoms with Gasteiger partial charge in [0.25, 0.3) is 0 Å². The van der Waals surface area contributed by atoms with Crippen LogP contribution in [0.1, 0.15) is 0 Å². The molecular weight excluding hydrogens is 236 g/mol. The highest BCUT2D eigenvalue weighted by molar-refractivity contribution is 7.72. The molecule has 0 aromatic heterocycles. The molecule has 0 N–H and O–H groups in total. The van der Waals surface area contributed by atoms with Crippen LogP contribution in [0.3, 0.4) is 0 Å². The third-order valence-electron chi connectivity index (χ3n) is 2.50. The molecule has 2 rings (SSSR count). The van der Waals surface area contributed by atoms with E-state index in [-0.39, 0.29) is 0 Å². The number of hydrogen-bond acceptors (Lipinski definition) is 3. The van der Waals surface area contributed by atoms with Gasteiger partial charge in [0, 0.05) is 5.56 Å². The fourth-order valence-electron chi connectivity index (χ4n) is 1.65. The highest BCUT2D eigenvalue weighted by Gasteiger charge is 2.04. The van der Waals surface area contributed by atoms with Crippen molar-refractivity contribution in [2.75, 3.05) is 7.11 Å². The van der Waals surface area contributed by atoms with Gasteiger partial charge in [-0.2, -0.15) is 0 Å². The topological polar surface area (TPSA) is 43.4 Å². The Balaban J connectivity index is 2.46. The predicted octanol–water partition coefficient (Wildman–Crippen LogP) is 2.33. The SMILES string of the molecule is COc1ccccc1-c1ccc([SH](=O)=O)cc1. The predicted molar refractivity (Wildman–Crippen MR) is 67.0 cm³/mol. The van der Waals surface area contributed by atoms with Crippen molar-refractivity contribution >= 4 is 10.7 Å². The van der Waals surface area contributed by atoms with Crippen LogP contribution in [-0.4, -0.2) is 15.5 Å². The van der Waals surface area contributed by atoms with E-state index in [1.807, 2.05) is 24.3 Å². The molecule has 0 fully saturated rings. The Bertz CT molecular complexity index is 578. The second kappa shape index (κ2) is 5.01.